The molecular formula is C22H30N4S. The predicted molar refractivity (Wildman–Crippen MR) is 114 cm³/mol. The molecule has 1 saturated carbocycles. The van der Waals surface area contributed by atoms with E-state index >= 15 is 0 Å². The number of nitrogens with one attached hydrogen (secondary N) is 1. The van der Waals surface area contributed by atoms with Crippen molar-refractivity contribution in [2.75, 3.05) is 6.54 Å². The van der Waals surface area contributed by atoms with Gasteiger partial charge in [-0.1, -0.05) is 25.8 Å². The fraction of sp³-hybridized carbons (Fsp3) is 0.545. The van der Waals surface area contributed by atoms with Gasteiger partial charge in [-0.3, -0.25) is 4.98 Å². The molecule has 27 heavy (non-hydrogen) atoms. The lowest BCUT2D eigenvalue weighted by Crippen LogP contribution is -2.30. The largest absolute Gasteiger partial charge is 0.352 e. The highest BCUT2D eigenvalue weighted by atomic mass is 32.1. The standard InChI is InChI=1S/C22H30N4S/c1-4-13-25-21(20(24-22(25)27)19-11-7-8-12-23-19)18-14-15(2)26(16(18)3)17-9-5-6-10-17/h7-8,11-12,14,17,20-21H,4-6,9-10,13H2,1-3H3,(H,24,27)/t20-,21-/m1/s1. The SMILES string of the molecule is CCCN1C(=S)N[C@H](c2ccccn2)[C@H]1c1cc(C)n(C2CCCC2)c1C. The zero-order valence-corrected chi connectivity index (χ0v) is 17.4. The van der Waals surface area contributed by atoms with Gasteiger partial charge in [0.15, 0.2) is 5.11 Å². The molecule has 0 spiro atoms. The lowest BCUT2D eigenvalue weighted by Gasteiger charge is -2.28. The Morgan fingerprint density at radius 3 is 2.67 bits per heavy atom. The van der Waals surface area contributed by atoms with Gasteiger partial charge in [-0.2, -0.15) is 0 Å². The van der Waals surface area contributed by atoms with Crippen LogP contribution in [0.2, 0.25) is 0 Å². The minimum atomic E-state index is 0.0998. The molecule has 1 N–H and O–H groups in total. The second-order valence-electron chi connectivity index (χ2n) is 7.95. The Bertz CT molecular complexity index is 807. The molecule has 144 valence electrons. The zero-order chi connectivity index (χ0) is 19.0. The molecule has 0 unspecified atom stereocenters. The number of aromatic nitrogens is 2. The van der Waals surface area contributed by atoms with Crippen LogP contribution in [0.5, 0.6) is 0 Å². The second kappa shape index (κ2) is 7.63. The van der Waals surface area contributed by atoms with E-state index in [4.69, 9.17) is 12.2 Å². The highest BCUT2D eigenvalue weighted by Crippen LogP contribution is 2.42. The Morgan fingerprint density at radius 2 is 2.00 bits per heavy atom. The van der Waals surface area contributed by atoms with E-state index in [9.17, 15) is 0 Å². The zero-order valence-electron chi connectivity index (χ0n) is 16.6. The summed E-state index contributed by atoms with van der Waals surface area (Å²) < 4.78 is 2.59. The first-order chi connectivity index (χ1) is 13.1. The lowest BCUT2D eigenvalue weighted by atomic mass is 9.96. The van der Waals surface area contributed by atoms with Crippen LogP contribution in [-0.4, -0.2) is 26.1 Å². The highest BCUT2D eigenvalue weighted by Gasteiger charge is 2.41. The summed E-state index contributed by atoms with van der Waals surface area (Å²) in [6.07, 6.45) is 8.27. The van der Waals surface area contributed by atoms with Gasteiger partial charge in [0, 0.05) is 30.2 Å². The van der Waals surface area contributed by atoms with Gasteiger partial charge in [0.2, 0.25) is 0 Å². The molecule has 0 amide bonds. The number of nitrogens with zero attached hydrogens (tertiary/aromatic N) is 3. The van der Waals surface area contributed by atoms with E-state index in [2.05, 4.69) is 58.7 Å². The minimum absolute atomic E-state index is 0.0998. The molecule has 2 aromatic heterocycles. The second-order valence-corrected chi connectivity index (χ2v) is 8.34. The van der Waals surface area contributed by atoms with Crippen molar-refractivity contribution in [3.05, 3.63) is 53.1 Å². The Balaban J connectivity index is 1.78. The highest BCUT2D eigenvalue weighted by molar-refractivity contribution is 7.80. The number of hydrogen-bond donors (Lipinski definition) is 1. The Hall–Kier alpha value is -1.88. The maximum Gasteiger partial charge on any atom is 0.170 e. The molecule has 0 bridgehead atoms. The molecule has 2 fully saturated rings. The molecule has 5 heteroatoms. The van der Waals surface area contributed by atoms with Crippen molar-refractivity contribution >= 4 is 17.3 Å². The molecule has 2 aromatic rings. The first kappa shape index (κ1) is 18.5. The van der Waals surface area contributed by atoms with Crippen molar-refractivity contribution in [3.8, 4) is 0 Å². The smallest absolute Gasteiger partial charge is 0.170 e. The van der Waals surface area contributed by atoms with Crippen LogP contribution in [0.25, 0.3) is 0 Å². The number of hydrogen-bond acceptors (Lipinski definition) is 2. The summed E-state index contributed by atoms with van der Waals surface area (Å²) in [5.74, 6) is 0. The average molecular weight is 383 g/mol. The van der Waals surface area contributed by atoms with Gasteiger partial charge >= 0.3 is 0 Å². The van der Waals surface area contributed by atoms with Gasteiger partial charge in [0.1, 0.15) is 0 Å². The van der Waals surface area contributed by atoms with Gasteiger partial charge in [0.25, 0.3) is 0 Å². The van der Waals surface area contributed by atoms with E-state index < -0.39 is 0 Å². The van der Waals surface area contributed by atoms with E-state index in [0.29, 0.717) is 6.04 Å². The van der Waals surface area contributed by atoms with Gasteiger partial charge < -0.3 is 14.8 Å². The van der Waals surface area contributed by atoms with Crippen LogP contribution >= 0.6 is 12.2 Å². The molecule has 1 aliphatic heterocycles. The van der Waals surface area contributed by atoms with Gasteiger partial charge in [0.05, 0.1) is 17.8 Å². The van der Waals surface area contributed by atoms with Crippen molar-refractivity contribution < 1.29 is 0 Å². The van der Waals surface area contributed by atoms with E-state index in [-0.39, 0.29) is 12.1 Å². The first-order valence-corrected chi connectivity index (χ1v) is 10.7. The molecule has 0 aromatic carbocycles. The van der Waals surface area contributed by atoms with Gasteiger partial charge in [-0.05, 0) is 69.1 Å². The molecule has 3 heterocycles. The molecule has 1 saturated heterocycles. The molecule has 2 aliphatic rings. The van der Waals surface area contributed by atoms with Crippen LogP contribution in [-0.2, 0) is 0 Å². The third-order valence-corrected chi connectivity index (χ3v) is 6.55. The van der Waals surface area contributed by atoms with E-state index in [1.165, 1.54) is 42.6 Å². The summed E-state index contributed by atoms with van der Waals surface area (Å²) in [5, 5.41) is 4.41. The number of pyridine rings is 1. The van der Waals surface area contributed by atoms with Crippen molar-refractivity contribution in [1.29, 1.82) is 0 Å². The Kier molecular flexibility index (Phi) is 5.22. The van der Waals surface area contributed by atoms with E-state index in [0.717, 1.165) is 23.8 Å². The van der Waals surface area contributed by atoms with Crippen molar-refractivity contribution in [2.24, 2.45) is 0 Å². The number of aryl methyl sites for hydroxylation is 1. The van der Waals surface area contributed by atoms with Crippen LogP contribution in [0, 0.1) is 13.8 Å². The van der Waals surface area contributed by atoms with Gasteiger partial charge in [-0.15, -0.1) is 0 Å². The maximum atomic E-state index is 5.73. The number of thiocarbonyl (C=S) groups is 1. The minimum Gasteiger partial charge on any atom is -0.352 e. The van der Waals surface area contributed by atoms with Crippen LogP contribution in [0.1, 0.15) is 79.8 Å². The van der Waals surface area contributed by atoms with Crippen molar-refractivity contribution in [3.63, 3.8) is 0 Å². The average Bonchev–Trinajstić information content (AvgIpc) is 3.36. The molecular weight excluding hydrogens is 352 g/mol. The molecule has 0 radical (unpaired) electrons. The lowest BCUT2D eigenvalue weighted by molar-refractivity contribution is 0.315. The fourth-order valence-electron chi connectivity index (χ4n) is 5.05. The van der Waals surface area contributed by atoms with Crippen molar-refractivity contribution in [2.45, 2.75) is 71.0 Å². The predicted octanol–water partition coefficient (Wildman–Crippen LogP) is 5.00. The van der Waals surface area contributed by atoms with Crippen LogP contribution in [0.15, 0.2) is 30.5 Å². The van der Waals surface area contributed by atoms with Crippen LogP contribution in [0.3, 0.4) is 0 Å². The normalized spacial score (nSPS) is 23.2. The Labute approximate surface area is 168 Å². The topological polar surface area (TPSA) is 33.1 Å². The van der Waals surface area contributed by atoms with E-state index in [1.54, 1.807) is 0 Å². The molecule has 2 atom stereocenters. The van der Waals surface area contributed by atoms with Crippen LogP contribution < -0.4 is 5.32 Å². The quantitative estimate of drug-likeness (QED) is 0.738. The summed E-state index contributed by atoms with van der Waals surface area (Å²) in [6.45, 7) is 7.74. The van der Waals surface area contributed by atoms with Crippen molar-refractivity contribution in [1.82, 2.24) is 19.8 Å². The maximum absolute atomic E-state index is 5.73. The monoisotopic (exact) mass is 382 g/mol. The summed E-state index contributed by atoms with van der Waals surface area (Å²) in [7, 11) is 0. The third kappa shape index (κ3) is 3.27. The fourth-order valence-corrected chi connectivity index (χ4v) is 5.38. The molecule has 4 rings (SSSR count). The Morgan fingerprint density at radius 1 is 1.22 bits per heavy atom. The van der Waals surface area contributed by atoms with E-state index in [1.807, 2.05) is 12.3 Å². The molecule has 4 nitrogen and oxygen atoms in total. The summed E-state index contributed by atoms with van der Waals surface area (Å²) in [6, 6.07) is 9.51. The summed E-state index contributed by atoms with van der Waals surface area (Å²) in [4.78, 5) is 7.02. The first-order valence-electron chi connectivity index (χ1n) is 10.3. The summed E-state index contributed by atoms with van der Waals surface area (Å²) in [5.41, 5.74) is 5.24. The summed E-state index contributed by atoms with van der Waals surface area (Å²) >= 11 is 5.73. The number of rotatable bonds is 5. The third-order valence-electron chi connectivity index (χ3n) is 6.19. The molecule has 1 aliphatic carbocycles. The van der Waals surface area contributed by atoms with Gasteiger partial charge in [-0.25, -0.2) is 0 Å². The van der Waals surface area contributed by atoms with Crippen LogP contribution in [0.4, 0.5) is 0 Å².